The molecule has 0 bridgehead atoms. The van der Waals surface area contributed by atoms with Gasteiger partial charge < -0.3 is 25.3 Å². The van der Waals surface area contributed by atoms with Crippen LogP contribution in [-0.4, -0.2) is 75.9 Å². The first-order valence-electron chi connectivity index (χ1n) is 12.5. The maximum atomic E-state index is 13.1. The Bertz CT molecular complexity index is 885. The van der Waals surface area contributed by atoms with E-state index >= 15 is 0 Å². The minimum atomic E-state index is -0.338. The van der Waals surface area contributed by atoms with Crippen LogP contribution in [-0.2, 0) is 4.79 Å². The largest absolute Gasteiger partial charge is 0.508 e. The molecule has 0 radical (unpaired) electrons. The number of hydrogen-bond acceptors (Lipinski definition) is 6. The Morgan fingerprint density at radius 1 is 1.06 bits per heavy atom. The Hall–Kier alpha value is -2.61. The van der Waals surface area contributed by atoms with Gasteiger partial charge in [0.15, 0.2) is 5.84 Å². The first-order valence-corrected chi connectivity index (χ1v) is 12.5. The highest BCUT2D eigenvalue weighted by Gasteiger charge is 2.35. The van der Waals surface area contributed by atoms with Crippen LogP contribution in [0.1, 0.15) is 84.3 Å². The van der Waals surface area contributed by atoms with Crippen LogP contribution in [0, 0.1) is 5.41 Å². The molecule has 0 atom stereocenters. The maximum absolute atomic E-state index is 13.1. The lowest BCUT2D eigenvalue weighted by atomic mass is 9.88. The molecule has 0 saturated heterocycles. The van der Waals surface area contributed by atoms with Crippen molar-refractivity contribution in [2.24, 2.45) is 4.99 Å². The van der Waals surface area contributed by atoms with Gasteiger partial charge in [-0.3, -0.25) is 15.2 Å². The van der Waals surface area contributed by atoms with Crippen LogP contribution < -0.4 is 5.32 Å². The summed E-state index contributed by atoms with van der Waals surface area (Å²) in [6.07, 6.45) is 3.57. The zero-order chi connectivity index (χ0) is 25.6. The van der Waals surface area contributed by atoms with Gasteiger partial charge >= 0.3 is 0 Å². The number of hydrogen-bond donors (Lipinski definition) is 4. The fourth-order valence-corrected chi connectivity index (χ4v) is 4.90. The smallest absolute Gasteiger partial charge is 0.287 e. The fourth-order valence-electron chi connectivity index (χ4n) is 4.90. The van der Waals surface area contributed by atoms with Crippen molar-refractivity contribution in [2.45, 2.75) is 91.3 Å². The molecule has 2 rings (SSSR count). The highest BCUT2D eigenvalue weighted by molar-refractivity contribution is 6.41. The second kappa shape index (κ2) is 12.2. The molecule has 190 valence electrons. The van der Waals surface area contributed by atoms with Gasteiger partial charge in [-0.1, -0.05) is 27.7 Å². The number of carbonyl (C=O) groups excluding carboxylic acids is 1. The number of nitrogens with one attached hydrogen (secondary N) is 2. The van der Waals surface area contributed by atoms with E-state index in [0.717, 1.165) is 38.8 Å². The van der Waals surface area contributed by atoms with Gasteiger partial charge in [-0.05, 0) is 70.2 Å². The van der Waals surface area contributed by atoms with Gasteiger partial charge in [0.25, 0.3) is 5.91 Å². The first-order chi connectivity index (χ1) is 16.0. The van der Waals surface area contributed by atoms with Crippen LogP contribution in [0.15, 0.2) is 17.1 Å². The second-order valence-corrected chi connectivity index (χ2v) is 9.66. The van der Waals surface area contributed by atoms with E-state index in [9.17, 15) is 15.0 Å². The molecule has 8 heteroatoms. The Morgan fingerprint density at radius 2 is 1.62 bits per heavy atom. The summed E-state index contributed by atoms with van der Waals surface area (Å²) in [4.78, 5) is 21.5. The molecule has 1 fully saturated rings. The van der Waals surface area contributed by atoms with E-state index in [4.69, 9.17) is 5.41 Å². The van der Waals surface area contributed by atoms with Crippen LogP contribution in [0.3, 0.4) is 0 Å². The summed E-state index contributed by atoms with van der Waals surface area (Å²) >= 11 is 0. The van der Waals surface area contributed by atoms with Crippen molar-refractivity contribution in [1.82, 2.24) is 15.1 Å². The van der Waals surface area contributed by atoms with E-state index in [2.05, 4.69) is 29.1 Å². The monoisotopic (exact) mass is 473 g/mol. The summed E-state index contributed by atoms with van der Waals surface area (Å²) in [5.41, 5.74) is 0.926. The molecule has 34 heavy (non-hydrogen) atoms. The quantitative estimate of drug-likeness (QED) is 0.352. The van der Waals surface area contributed by atoms with Crippen LogP contribution in [0.2, 0.25) is 0 Å². The molecule has 8 nitrogen and oxygen atoms in total. The van der Waals surface area contributed by atoms with Gasteiger partial charge in [0.05, 0.1) is 5.56 Å². The third kappa shape index (κ3) is 6.29. The summed E-state index contributed by atoms with van der Waals surface area (Å²) in [5, 5.41) is 32.9. The number of aliphatic imine (C=N–C) groups is 1. The first kappa shape index (κ1) is 27.6. The Morgan fingerprint density at radius 3 is 2.09 bits per heavy atom. The highest BCUT2D eigenvalue weighted by atomic mass is 16.3. The molecule has 0 aromatic heterocycles. The van der Waals surface area contributed by atoms with Gasteiger partial charge in [-0.2, -0.15) is 0 Å². The Kier molecular flexibility index (Phi) is 9.91. The molecule has 4 N–H and O–H groups in total. The van der Waals surface area contributed by atoms with Crippen molar-refractivity contribution in [1.29, 1.82) is 5.41 Å². The van der Waals surface area contributed by atoms with Crippen molar-refractivity contribution in [3.05, 3.63) is 23.3 Å². The minimum Gasteiger partial charge on any atom is -0.508 e. The van der Waals surface area contributed by atoms with E-state index in [-0.39, 0.29) is 52.6 Å². The number of aromatic hydroxyl groups is 2. The van der Waals surface area contributed by atoms with E-state index < -0.39 is 0 Å². The van der Waals surface area contributed by atoms with Gasteiger partial charge in [-0.25, -0.2) is 0 Å². The molecule has 1 amide bonds. The SMILES string of the molecule is CCN(CC)C1CCC(N(C(=N)c2cc(C(C)C)c(O)cc2O)/C(=N\C)C(=O)NC(C)C)CC1. The lowest BCUT2D eigenvalue weighted by molar-refractivity contribution is -0.115. The van der Waals surface area contributed by atoms with Gasteiger partial charge in [-0.15, -0.1) is 0 Å². The number of carbonyl (C=O) groups is 1. The Balaban J connectivity index is 2.47. The molecule has 1 aliphatic carbocycles. The van der Waals surface area contributed by atoms with E-state index in [1.165, 1.54) is 6.07 Å². The lowest BCUT2D eigenvalue weighted by Gasteiger charge is -2.41. The highest BCUT2D eigenvalue weighted by Crippen LogP contribution is 2.34. The van der Waals surface area contributed by atoms with Crippen LogP contribution >= 0.6 is 0 Å². The molecule has 0 unspecified atom stereocenters. The average Bonchev–Trinajstić information content (AvgIpc) is 2.77. The second-order valence-electron chi connectivity index (χ2n) is 9.66. The molecular formula is C26H43N5O3. The summed E-state index contributed by atoms with van der Waals surface area (Å²) in [5.74, 6) is -0.330. The molecular weight excluding hydrogens is 430 g/mol. The summed E-state index contributed by atoms with van der Waals surface area (Å²) in [6.45, 7) is 14.0. The third-order valence-electron chi connectivity index (χ3n) is 6.69. The number of amides is 1. The van der Waals surface area contributed by atoms with Crippen molar-refractivity contribution in [3.8, 4) is 11.5 Å². The van der Waals surface area contributed by atoms with E-state index in [1.807, 2.05) is 27.7 Å². The number of nitrogens with zero attached hydrogens (tertiary/aromatic N) is 3. The van der Waals surface area contributed by atoms with Gasteiger partial charge in [0, 0.05) is 31.2 Å². The molecule has 1 aliphatic rings. The predicted octanol–water partition coefficient (Wildman–Crippen LogP) is 4.05. The minimum absolute atomic E-state index is 0.00253. The topological polar surface area (TPSA) is 112 Å². The Labute approximate surface area is 204 Å². The van der Waals surface area contributed by atoms with Crippen molar-refractivity contribution in [2.75, 3.05) is 20.1 Å². The summed E-state index contributed by atoms with van der Waals surface area (Å²) in [7, 11) is 1.56. The molecule has 1 aromatic rings. The molecule has 0 heterocycles. The van der Waals surface area contributed by atoms with Crippen LogP contribution in [0.5, 0.6) is 11.5 Å². The van der Waals surface area contributed by atoms with Crippen molar-refractivity contribution >= 4 is 17.6 Å². The molecule has 1 saturated carbocycles. The fraction of sp³-hybridized carbons (Fsp3) is 0.654. The predicted molar refractivity (Wildman–Crippen MR) is 138 cm³/mol. The van der Waals surface area contributed by atoms with E-state index in [0.29, 0.717) is 11.6 Å². The third-order valence-corrected chi connectivity index (χ3v) is 6.69. The van der Waals surface area contributed by atoms with Crippen LogP contribution in [0.4, 0.5) is 0 Å². The number of benzene rings is 1. The molecule has 0 spiro atoms. The molecule has 0 aliphatic heterocycles. The maximum Gasteiger partial charge on any atom is 0.287 e. The molecule has 1 aromatic carbocycles. The number of amidine groups is 2. The summed E-state index contributed by atoms with van der Waals surface area (Å²) < 4.78 is 0. The van der Waals surface area contributed by atoms with Crippen molar-refractivity contribution in [3.63, 3.8) is 0 Å². The number of phenols is 2. The zero-order valence-electron chi connectivity index (χ0n) is 21.9. The van der Waals surface area contributed by atoms with Crippen LogP contribution in [0.25, 0.3) is 0 Å². The lowest BCUT2D eigenvalue weighted by Crippen LogP contribution is -2.54. The average molecular weight is 474 g/mol. The standard InChI is InChI=1S/C26H43N5O3/c1-8-30(9-2)18-10-12-19(13-11-18)31(25(28-7)26(34)29-17(5)6)24(27)21-14-20(16(3)4)22(32)15-23(21)33/h14-19,27,32-33H,8-13H2,1-7H3,(H,29,34)/b27-24?,28-25-. The van der Waals surface area contributed by atoms with Crippen molar-refractivity contribution < 1.29 is 15.0 Å². The number of rotatable bonds is 7. The van der Waals surface area contributed by atoms with Gasteiger partial charge in [0.1, 0.15) is 17.3 Å². The number of phenolic OH excluding ortho intramolecular Hbond substituents is 2. The van der Waals surface area contributed by atoms with Gasteiger partial charge in [0.2, 0.25) is 0 Å². The van der Waals surface area contributed by atoms with E-state index in [1.54, 1.807) is 18.0 Å². The zero-order valence-corrected chi connectivity index (χ0v) is 21.9. The normalized spacial score (nSPS) is 19.1. The summed E-state index contributed by atoms with van der Waals surface area (Å²) in [6, 6.07) is 3.26.